The molecule has 152 valence electrons. The lowest BCUT2D eigenvalue weighted by Crippen LogP contribution is -2.18. The van der Waals surface area contributed by atoms with Crippen LogP contribution in [0.2, 0.25) is 0 Å². The Kier molecular flexibility index (Phi) is 5.44. The molecule has 1 aliphatic heterocycles. The zero-order chi connectivity index (χ0) is 21.1. The van der Waals surface area contributed by atoms with Gasteiger partial charge in [-0.25, -0.2) is 13.6 Å². The molecular weight excluding hydrogens is 394 g/mol. The number of aromatic nitrogens is 2. The van der Waals surface area contributed by atoms with Crippen molar-refractivity contribution in [1.29, 1.82) is 0 Å². The Morgan fingerprint density at radius 2 is 1.90 bits per heavy atom. The summed E-state index contributed by atoms with van der Waals surface area (Å²) < 4.78 is 34.4. The molecule has 2 N–H and O–H groups in total. The molecule has 0 radical (unpaired) electrons. The van der Waals surface area contributed by atoms with Crippen LogP contribution in [0, 0.1) is 11.6 Å². The van der Waals surface area contributed by atoms with E-state index in [4.69, 9.17) is 4.74 Å². The Balaban J connectivity index is 1.52. The van der Waals surface area contributed by atoms with E-state index in [0.717, 1.165) is 17.7 Å². The van der Waals surface area contributed by atoms with Crippen molar-refractivity contribution >= 4 is 23.7 Å². The number of aliphatic hydroxyl groups excluding tert-OH is 1. The van der Waals surface area contributed by atoms with Crippen molar-refractivity contribution < 1.29 is 23.4 Å². The number of carbonyl (C=O) groups excluding carboxylic acids is 1. The van der Waals surface area contributed by atoms with Crippen molar-refractivity contribution in [2.45, 2.75) is 18.6 Å². The molecule has 2 aromatic carbocycles. The third-order valence-corrected chi connectivity index (χ3v) is 4.68. The van der Waals surface area contributed by atoms with Gasteiger partial charge < -0.3 is 9.84 Å². The standard InChI is InChI=1S/C21H16F2N4O3/c22-15-6-7-16(27-21(29)30-11-12-4-2-1-3-5-12)19(23)18(15)20(28)14-8-24-17-10-26-25-9-13(14)17/h1-10,14,20,28H,11H2,(H,27,29). The fourth-order valence-electron chi connectivity index (χ4n) is 3.17. The lowest BCUT2D eigenvalue weighted by molar-refractivity contribution is 0.154. The van der Waals surface area contributed by atoms with Gasteiger partial charge in [0.25, 0.3) is 0 Å². The van der Waals surface area contributed by atoms with E-state index in [1.807, 2.05) is 6.07 Å². The minimum absolute atomic E-state index is 0.0126. The van der Waals surface area contributed by atoms with E-state index in [9.17, 15) is 18.7 Å². The van der Waals surface area contributed by atoms with Gasteiger partial charge in [0.15, 0.2) is 5.82 Å². The molecule has 4 rings (SSSR count). The number of amides is 1. The van der Waals surface area contributed by atoms with Crippen LogP contribution in [-0.4, -0.2) is 27.6 Å². The number of carbonyl (C=O) groups is 1. The first-order valence-corrected chi connectivity index (χ1v) is 9.03. The van der Waals surface area contributed by atoms with Gasteiger partial charge in [0, 0.05) is 11.8 Å². The molecular formula is C21H16F2N4O3. The van der Waals surface area contributed by atoms with Gasteiger partial charge in [-0.3, -0.25) is 10.3 Å². The number of anilines is 1. The highest BCUT2D eigenvalue weighted by molar-refractivity contribution is 5.85. The predicted octanol–water partition coefficient (Wildman–Crippen LogP) is 4.04. The summed E-state index contributed by atoms with van der Waals surface area (Å²) in [5.41, 5.74) is 0.819. The summed E-state index contributed by atoms with van der Waals surface area (Å²) >= 11 is 0. The van der Waals surface area contributed by atoms with Crippen molar-refractivity contribution in [2.24, 2.45) is 4.99 Å². The second-order valence-electron chi connectivity index (χ2n) is 6.59. The topological polar surface area (TPSA) is 96.7 Å². The number of hydrogen-bond acceptors (Lipinski definition) is 6. The summed E-state index contributed by atoms with van der Waals surface area (Å²) in [6.45, 7) is -0.0126. The van der Waals surface area contributed by atoms with Crippen LogP contribution >= 0.6 is 0 Å². The maximum atomic E-state index is 15.0. The fourth-order valence-corrected chi connectivity index (χ4v) is 3.17. The Morgan fingerprint density at radius 3 is 2.70 bits per heavy atom. The molecule has 0 fully saturated rings. The number of rotatable bonds is 5. The van der Waals surface area contributed by atoms with Gasteiger partial charge in [0.05, 0.1) is 41.4 Å². The minimum atomic E-state index is -1.58. The van der Waals surface area contributed by atoms with Gasteiger partial charge in [-0.1, -0.05) is 30.3 Å². The number of aliphatic hydroxyl groups is 1. The Bertz CT molecular complexity index is 1110. The first kappa shape index (κ1) is 19.6. The van der Waals surface area contributed by atoms with Crippen LogP contribution in [0.5, 0.6) is 0 Å². The average molecular weight is 410 g/mol. The normalized spacial score (nSPS) is 15.5. The van der Waals surface area contributed by atoms with E-state index in [2.05, 4.69) is 20.5 Å². The summed E-state index contributed by atoms with van der Waals surface area (Å²) in [4.78, 5) is 16.1. The molecule has 9 heteroatoms. The van der Waals surface area contributed by atoms with Gasteiger partial charge in [0.2, 0.25) is 0 Å². The highest BCUT2D eigenvalue weighted by Gasteiger charge is 2.32. The number of nitrogens with one attached hydrogen (secondary N) is 1. The number of benzene rings is 2. The van der Waals surface area contributed by atoms with Gasteiger partial charge in [-0.2, -0.15) is 10.2 Å². The second-order valence-corrected chi connectivity index (χ2v) is 6.59. The maximum Gasteiger partial charge on any atom is 0.412 e. The number of fused-ring (bicyclic) bond motifs is 1. The lowest BCUT2D eigenvalue weighted by atomic mass is 9.91. The predicted molar refractivity (Wildman–Crippen MR) is 104 cm³/mol. The van der Waals surface area contributed by atoms with E-state index in [1.165, 1.54) is 18.6 Å². The van der Waals surface area contributed by atoms with Crippen LogP contribution < -0.4 is 5.32 Å². The molecule has 1 aromatic heterocycles. The summed E-state index contributed by atoms with van der Waals surface area (Å²) in [6.07, 6.45) is 1.67. The van der Waals surface area contributed by atoms with Gasteiger partial charge >= 0.3 is 6.09 Å². The van der Waals surface area contributed by atoms with Crippen LogP contribution in [-0.2, 0) is 11.3 Å². The molecule has 0 spiro atoms. The van der Waals surface area contributed by atoms with E-state index >= 15 is 0 Å². The molecule has 1 amide bonds. The molecule has 30 heavy (non-hydrogen) atoms. The van der Waals surface area contributed by atoms with Crippen LogP contribution in [0.3, 0.4) is 0 Å². The fraction of sp³-hybridized carbons (Fsp3) is 0.143. The number of aliphatic imine (C=N–C) groups is 1. The Morgan fingerprint density at radius 1 is 1.13 bits per heavy atom. The van der Waals surface area contributed by atoms with E-state index < -0.39 is 35.3 Å². The summed E-state index contributed by atoms with van der Waals surface area (Å²) in [7, 11) is 0. The molecule has 2 unspecified atom stereocenters. The van der Waals surface area contributed by atoms with E-state index in [0.29, 0.717) is 11.3 Å². The molecule has 2 heterocycles. The number of hydrogen-bond donors (Lipinski definition) is 2. The molecule has 0 aliphatic carbocycles. The van der Waals surface area contributed by atoms with Crippen LogP contribution in [0.25, 0.3) is 0 Å². The smallest absolute Gasteiger partial charge is 0.412 e. The van der Waals surface area contributed by atoms with Gasteiger partial charge in [0.1, 0.15) is 12.4 Å². The van der Waals surface area contributed by atoms with Crippen molar-refractivity contribution in [2.75, 3.05) is 5.32 Å². The zero-order valence-corrected chi connectivity index (χ0v) is 15.5. The molecule has 2 atom stereocenters. The number of halogens is 2. The van der Waals surface area contributed by atoms with Crippen molar-refractivity contribution in [1.82, 2.24) is 10.2 Å². The molecule has 0 bridgehead atoms. The molecule has 7 nitrogen and oxygen atoms in total. The third-order valence-electron chi connectivity index (χ3n) is 4.68. The van der Waals surface area contributed by atoms with Crippen molar-refractivity contribution in [3.63, 3.8) is 0 Å². The van der Waals surface area contributed by atoms with Crippen molar-refractivity contribution in [3.8, 4) is 0 Å². The monoisotopic (exact) mass is 410 g/mol. The van der Waals surface area contributed by atoms with E-state index in [1.54, 1.807) is 24.3 Å². The second kappa shape index (κ2) is 8.34. The summed E-state index contributed by atoms with van der Waals surface area (Å²) in [5, 5.41) is 20.3. The van der Waals surface area contributed by atoms with E-state index in [-0.39, 0.29) is 12.3 Å². The first-order valence-electron chi connectivity index (χ1n) is 9.03. The minimum Gasteiger partial charge on any atom is -0.444 e. The van der Waals surface area contributed by atoms with Crippen LogP contribution in [0.1, 0.15) is 28.7 Å². The third kappa shape index (κ3) is 3.87. The molecule has 0 saturated carbocycles. The SMILES string of the molecule is O=C(Nc1ccc(F)c(C(O)C2C=Nc3cnncc32)c1F)OCc1ccccc1. The zero-order valence-electron chi connectivity index (χ0n) is 15.5. The summed E-state index contributed by atoms with van der Waals surface area (Å²) in [6, 6.07) is 11.0. The highest BCUT2D eigenvalue weighted by atomic mass is 19.1. The Labute approximate surface area is 170 Å². The Hall–Kier alpha value is -3.72. The molecule has 0 saturated heterocycles. The summed E-state index contributed by atoms with van der Waals surface area (Å²) in [5.74, 6) is -2.85. The first-order chi connectivity index (χ1) is 14.5. The molecule has 1 aliphatic rings. The lowest BCUT2D eigenvalue weighted by Gasteiger charge is -2.20. The van der Waals surface area contributed by atoms with Crippen LogP contribution in [0.4, 0.5) is 25.0 Å². The largest absolute Gasteiger partial charge is 0.444 e. The highest BCUT2D eigenvalue weighted by Crippen LogP contribution is 2.41. The van der Waals surface area contributed by atoms with Crippen molar-refractivity contribution in [3.05, 3.63) is 83.2 Å². The van der Waals surface area contributed by atoms with Gasteiger partial charge in [-0.05, 0) is 17.7 Å². The number of ether oxygens (including phenoxy) is 1. The quantitative estimate of drug-likeness (QED) is 0.662. The number of nitrogens with zero attached hydrogens (tertiary/aromatic N) is 3. The molecule has 3 aromatic rings. The average Bonchev–Trinajstić information content (AvgIpc) is 3.19. The maximum absolute atomic E-state index is 15.0. The van der Waals surface area contributed by atoms with Crippen LogP contribution in [0.15, 0.2) is 59.9 Å². The van der Waals surface area contributed by atoms with Gasteiger partial charge in [-0.15, -0.1) is 0 Å².